The molecule has 0 aliphatic carbocycles. The Morgan fingerprint density at radius 1 is 1.36 bits per heavy atom. The highest BCUT2D eigenvalue weighted by atomic mass is 32.1. The van der Waals surface area contributed by atoms with E-state index in [-0.39, 0.29) is 5.41 Å². The summed E-state index contributed by atoms with van der Waals surface area (Å²) in [6.45, 7) is 7.63. The van der Waals surface area contributed by atoms with Gasteiger partial charge in [0.05, 0.1) is 18.8 Å². The Morgan fingerprint density at radius 2 is 2.09 bits per heavy atom. The zero-order chi connectivity index (χ0) is 16.3. The second kappa shape index (κ2) is 6.51. The number of thiazole rings is 1. The predicted molar refractivity (Wildman–Crippen MR) is 93.1 cm³/mol. The summed E-state index contributed by atoms with van der Waals surface area (Å²) in [5.41, 5.74) is 2.81. The maximum atomic E-state index is 10.1. The van der Waals surface area contributed by atoms with Crippen LogP contribution in [0.1, 0.15) is 31.3 Å². The molecule has 0 radical (unpaired) electrons. The molecule has 0 aliphatic rings. The van der Waals surface area contributed by atoms with Gasteiger partial charge in [-0.3, -0.25) is 4.90 Å². The lowest BCUT2D eigenvalue weighted by molar-refractivity contribution is 0.368. The van der Waals surface area contributed by atoms with Gasteiger partial charge in [-0.25, -0.2) is 4.98 Å². The van der Waals surface area contributed by atoms with Gasteiger partial charge in [0.15, 0.2) is 0 Å². The Bertz CT molecular complexity index is 692. The van der Waals surface area contributed by atoms with E-state index in [1.165, 1.54) is 0 Å². The van der Waals surface area contributed by atoms with E-state index in [1.807, 2.05) is 19.2 Å². The van der Waals surface area contributed by atoms with Crippen molar-refractivity contribution in [3.8, 4) is 29.4 Å². The number of nitrogens with zero attached hydrogens (tertiary/aromatic N) is 2. The van der Waals surface area contributed by atoms with Crippen LogP contribution < -0.4 is 0 Å². The maximum absolute atomic E-state index is 10.1. The Kier molecular flexibility index (Phi) is 4.90. The summed E-state index contributed by atoms with van der Waals surface area (Å²) in [4.78, 5) is 6.74. The second-order valence-corrected chi connectivity index (χ2v) is 7.43. The van der Waals surface area contributed by atoms with Gasteiger partial charge in [0.2, 0.25) is 0 Å². The van der Waals surface area contributed by atoms with Crippen LogP contribution >= 0.6 is 11.3 Å². The summed E-state index contributed by atoms with van der Waals surface area (Å²) in [6.07, 6.45) is 5.32. The molecule has 2 aromatic rings. The third kappa shape index (κ3) is 3.88. The first-order valence-corrected chi connectivity index (χ1v) is 8.09. The van der Waals surface area contributed by atoms with Crippen molar-refractivity contribution in [2.24, 2.45) is 0 Å². The van der Waals surface area contributed by atoms with Gasteiger partial charge in [0, 0.05) is 10.9 Å². The summed E-state index contributed by atoms with van der Waals surface area (Å²) in [6, 6.07) is 5.69. The molecule has 0 fully saturated rings. The fourth-order valence-electron chi connectivity index (χ4n) is 2.25. The molecule has 0 amide bonds. The highest BCUT2D eigenvalue weighted by Crippen LogP contribution is 2.34. The third-order valence-electron chi connectivity index (χ3n) is 3.42. The lowest BCUT2D eigenvalue weighted by Gasteiger charge is -2.21. The van der Waals surface area contributed by atoms with Crippen molar-refractivity contribution in [1.29, 1.82) is 0 Å². The van der Waals surface area contributed by atoms with E-state index in [4.69, 9.17) is 6.42 Å². The maximum Gasteiger partial charge on any atom is 0.119 e. The predicted octanol–water partition coefficient (Wildman–Crippen LogP) is 3.88. The molecule has 0 unspecified atom stereocenters. The van der Waals surface area contributed by atoms with Crippen molar-refractivity contribution in [3.05, 3.63) is 34.2 Å². The number of phenolic OH excluding ortho intramolecular Hbond substituents is 1. The van der Waals surface area contributed by atoms with E-state index in [1.54, 1.807) is 17.4 Å². The molecule has 0 bridgehead atoms. The summed E-state index contributed by atoms with van der Waals surface area (Å²) < 4.78 is 0. The van der Waals surface area contributed by atoms with Crippen LogP contribution in [0.25, 0.3) is 11.3 Å². The number of aromatic nitrogens is 1. The van der Waals surface area contributed by atoms with E-state index in [9.17, 15) is 5.11 Å². The van der Waals surface area contributed by atoms with E-state index in [2.05, 4.69) is 42.0 Å². The molecule has 0 atom stereocenters. The van der Waals surface area contributed by atoms with Gasteiger partial charge in [0.1, 0.15) is 10.8 Å². The third-order valence-corrected chi connectivity index (χ3v) is 4.25. The molecule has 1 heterocycles. The van der Waals surface area contributed by atoms with Crippen LogP contribution in [0.15, 0.2) is 23.6 Å². The Hall–Kier alpha value is -1.83. The van der Waals surface area contributed by atoms with Gasteiger partial charge in [-0.05, 0) is 36.2 Å². The number of terminal acetylenes is 1. The first kappa shape index (κ1) is 16.5. The number of hydrogen-bond donors (Lipinski definition) is 1. The molecule has 0 saturated carbocycles. The number of hydrogen-bond acceptors (Lipinski definition) is 4. The topological polar surface area (TPSA) is 36.4 Å². The molecular weight excluding hydrogens is 292 g/mol. The van der Waals surface area contributed by atoms with Crippen LogP contribution in [0.4, 0.5) is 0 Å². The Labute approximate surface area is 136 Å². The fourth-order valence-corrected chi connectivity index (χ4v) is 3.14. The van der Waals surface area contributed by atoms with Gasteiger partial charge >= 0.3 is 0 Å². The van der Waals surface area contributed by atoms with E-state index in [0.717, 1.165) is 28.4 Å². The van der Waals surface area contributed by atoms with Crippen LogP contribution in [0, 0.1) is 12.3 Å². The molecule has 2 rings (SSSR count). The average Bonchev–Trinajstić information content (AvgIpc) is 2.86. The highest BCUT2D eigenvalue weighted by molar-refractivity contribution is 7.09. The molecule has 3 nitrogen and oxygen atoms in total. The molecule has 1 aromatic heterocycles. The Balaban J connectivity index is 2.27. The molecule has 1 N–H and O–H groups in total. The van der Waals surface area contributed by atoms with Crippen molar-refractivity contribution in [3.63, 3.8) is 0 Å². The minimum absolute atomic E-state index is 0.105. The fraction of sp³-hybridized carbons (Fsp3) is 0.389. The highest BCUT2D eigenvalue weighted by Gasteiger charge is 2.19. The lowest BCUT2D eigenvalue weighted by atomic mass is 9.85. The molecule has 22 heavy (non-hydrogen) atoms. The Morgan fingerprint density at radius 3 is 2.73 bits per heavy atom. The van der Waals surface area contributed by atoms with Gasteiger partial charge in [-0.2, -0.15) is 0 Å². The molecule has 0 spiro atoms. The van der Waals surface area contributed by atoms with Crippen molar-refractivity contribution in [2.75, 3.05) is 13.6 Å². The van der Waals surface area contributed by atoms with Crippen LogP contribution in [0.2, 0.25) is 0 Å². The van der Waals surface area contributed by atoms with E-state index in [0.29, 0.717) is 12.3 Å². The zero-order valence-electron chi connectivity index (χ0n) is 13.6. The van der Waals surface area contributed by atoms with Crippen molar-refractivity contribution >= 4 is 11.3 Å². The van der Waals surface area contributed by atoms with E-state index >= 15 is 0 Å². The molecule has 0 saturated heterocycles. The van der Waals surface area contributed by atoms with Crippen LogP contribution in [0.5, 0.6) is 5.75 Å². The number of rotatable bonds is 4. The standard InChI is InChI=1S/C18H22N2OS/c1-6-9-20(5)11-17-19-15(12-22-17)13-7-8-16(21)14(10-13)18(2,3)4/h1,7-8,10,12,21H,9,11H2,2-5H3. The largest absolute Gasteiger partial charge is 0.508 e. The summed E-state index contributed by atoms with van der Waals surface area (Å²) in [5.74, 6) is 2.97. The molecule has 0 aliphatic heterocycles. The van der Waals surface area contributed by atoms with Crippen LogP contribution in [-0.2, 0) is 12.0 Å². The lowest BCUT2D eigenvalue weighted by Crippen LogP contribution is -2.17. The normalized spacial score (nSPS) is 11.6. The summed E-state index contributed by atoms with van der Waals surface area (Å²) in [5, 5.41) is 13.2. The SMILES string of the molecule is C#CCN(C)Cc1nc(-c2ccc(O)c(C(C)(C)C)c2)cs1. The van der Waals surface area contributed by atoms with Gasteiger partial charge in [0.25, 0.3) is 0 Å². The number of phenols is 1. The molecule has 116 valence electrons. The minimum atomic E-state index is -0.105. The van der Waals surface area contributed by atoms with Gasteiger partial charge in [-0.15, -0.1) is 17.8 Å². The van der Waals surface area contributed by atoms with Gasteiger partial charge < -0.3 is 5.11 Å². The first-order valence-electron chi connectivity index (χ1n) is 7.21. The van der Waals surface area contributed by atoms with Gasteiger partial charge in [-0.1, -0.05) is 26.7 Å². The van der Waals surface area contributed by atoms with Crippen LogP contribution in [0.3, 0.4) is 0 Å². The van der Waals surface area contributed by atoms with Crippen LogP contribution in [-0.4, -0.2) is 28.6 Å². The minimum Gasteiger partial charge on any atom is -0.508 e. The average molecular weight is 314 g/mol. The van der Waals surface area contributed by atoms with Crippen molar-refractivity contribution < 1.29 is 5.11 Å². The second-order valence-electron chi connectivity index (χ2n) is 6.48. The van der Waals surface area contributed by atoms with Crippen molar-refractivity contribution in [2.45, 2.75) is 32.7 Å². The molecule has 1 aromatic carbocycles. The summed E-state index contributed by atoms with van der Waals surface area (Å²) in [7, 11) is 1.99. The molecule has 4 heteroatoms. The smallest absolute Gasteiger partial charge is 0.119 e. The quantitative estimate of drug-likeness (QED) is 0.870. The molecular formula is C18H22N2OS. The number of benzene rings is 1. The number of aromatic hydroxyl groups is 1. The van der Waals surface area contributed by atoms with Crippen molar-refractivity contribution in [1.82, 2.24) is 9.88 Å². The monoisotopic (exact) mass is 314 g/mol. The first-order chi connectivity index (χ1) is 10.3. The summed E-state index contributed by atoms with van der Waals surface area (Å²) >= 11 is 1.63. The van der Waals surface area contributed by atoms with E-state index < -0.39 is 0 Å². The zero-order valence-corrected chi connectivity index (χ0v) is 14.4.